The summed E-state index contributed by atoms with van der Waals surface area (Å²) >= 11 is 6.10. The monoisotopic (exact) mass is 472 g/mol. The molecular weight excluding hydrogens is 448 g/mol. The largest absolute Gasteiger partial charge is 0.469 e. The Kier molecular flexibility index (Phi) is 5.06. The fourth-order valence-corrected chi connectivity index (χ4v) is 5.89. The number of pyridine rings is 1. The Balaban J connectivity index is 1.20. The molecular formula is C27H25ClN4O2. The molecule has 3 heterocycles. The molecule has 0 bridgehead atoms. The van der Waals surface area contributed by atoms with Gasteiger partial charge in [0, 0.05) is 35.3 Å². The zero-order valence-electron chi connectivity index (χ0n) is 18.9. The summed E-state index contributed by atoms with van der Waals surface area (Å²) in [7, 11) is 1.48. The van der Waals surface area contributed by atoms with Gasteiger partial charge >= 0.3 is 5.97 Å². The molecule has 172 valence electrons. The van der Waals surface area contributed by atoms with E-state index in [9.17, 15) is 4.79 Å². The second kappa shape index (κ2) is 8.13. The van der Waals surface area contributed by atoms with Gasteiger partial charge in [0.05, 0.1) is 24.1 Å². The first-order valence-corrected chi connectivity index (χ1v) is 12.0. The highest BCUT2D eigenvalue weighted by molar-refractivity contribution is 6.31. The molecule has 6 rings (SSSR count). The van der Waals surface area contributed by atoms with Gasteiger partial charge in [0.1, 0.15) is 11.6 Å². The first-order chi connectivity index (χ1) is 16.6. The molecule has 2 aromatic heterocycles. The number of nitrogens with zero attached hydrogens (tertiary/aromatic N) is 3. The van der Waals surface area contributed by atoms with Crippen molar-refractivity contribution in [2.24, 2.45) is 0 Å². The lowest BCUT2D eigenvalue weighted by molar-refractivity contribution is -0.142. The molecule has 2 aliphatic rings. The van der Waals surface area contributed by atoms with Gasteiger partial charge in [-0.15, -0.1) is 0 Å². The minimum Gasteiger partial charge on any atom is -0.469 e. The maximum Gasteiger partial charge on any atom is 0.313 e. The van der Waals surface area contributed by atoms with Crippen molar-refractivity contribution < 1.29 is 9.53 Å². The van der Waals surface area contributed by atoms with Gasteiger partial charge < -0.3 is 14.6 Å². The second-order valence-corrected chi connectivity index (χ2v) is 9.72. The molecule has 1 unspecified atom stereocenters. The summed E-state index contributed by atoms with van der Waals surface area (Å²) in [5.74, 6) is 1.46. The van der Waals surface area contributed by atoms with E-state index in [1.807, 2.05) is 30.5 Å². The third-order valence-electron chi connectivity index (χ3n) is 7.50. The van der Waals surface area contributed by atoms with E-state index in [2.05, 4.69) is 45.2 Å². The van der Waals surface area contributed by atoms with Crippen molar-refractivity contribution in [1.82, 2.24) is 15.0 Å². The predicted octanol–water partition coefficient (Wildman–Crippen LogP) is 5.48. The van der Waals surface area contributed by atoms with E-state index in [1.54, 1.807) is 0 Å². The van der Waals surface area contributed by atoms with Gasteiger partial charge in [0.15, 0.2) is 0 Å². The Morgan fingerprint density at radius 1 is 1.15 bits per heavy atom. The molecule has 1 aliphatic heterocycles. The number of hydrogen-bond donors (Lipinski definition) is 1. The molecule has 1 fully saturated rings. The van der Waals surface area contributed by atoms with Gasteiger partial charge in [0.25, 0.3) is 0 Å². The van der Waals surface area contributed by atoms with Gasteiger partial charge in [-0.1, -0.05) is 35.9 Å². The minimum atomic E-state index is -0.163. The number of rotatable bonds is 3. The number of nitrogens with one attached hydrogen (secondary N) is 1. The highest BCUT2D eigenvalue weighted by atomic mass is 35.5. The number of aromatic amines is 1. The number of methoxy groups -OCH3 is 1. The van der Waals surface area contributed by atoms with Crippen molar-refractivity contribution in [2.75, 3.05) is 25.1 Å². The zero-order chi connectivity index (χ0) is 23.3. The van der Waals surface area contributed by atoms with E-state index in [1.165, 1.54) is 12.7 Å². The third kappa shape index (κ3) is 3.44. The number of anilines is 1. The highest BCUT2D eigenvalue weighted by Crippen LogP contribution is 2.52. The number of piperidine rings is 1. The standard InChI is InChI=1S/C27H25ClN4O2/c1-34-26(33)20-15-27(21-5-3-2-4-19(20)21)10-12-32(13-11-27)24-9-6-17(16-29-24)25-30-22-8-7-18(28)14-23(22)31-25/h2-9,14,16,20H,10-13,15H2,1H3,(H,30,31). The van der Waals surface area contributed by atoms with Crippen molar-refractivity contribution in [2.45, 2.75) is 30.6 Å². The quantitative estimate of drug-likeness (QED) is 0.400. The van der Waals surface area contributed by atoms with Crippen LogP contribution in [0.2, 0.25) is 5.02 Å². The Hall–Kier alpha value is -3.38. The summed E-state index contributed by atoms with van der Waals surface area (Å²) in [5, 5.41) is 0.682. The van der Waals surface area contributed by atoms with Crippen molar-refractivity contribution >= 4 is 34.4 Å². The van der Waals surface area contributed by atoms with Crippen LogP contribution < -0.4 is 4.90 Å². The Morgan fingerprint density at radius 2 is 1.97 bits per heavy atom. The summed E-state index contributed by atoms with van der Waals surface area (Å²) in [6, 6.07) is 18.1. The topological polar surface area (TPSA) is 71.1 Å². The Bertz CT molecular complexity index is 1370. The number of imidazole rings is 1. The fourth-order valence-electron chi connectivity index (χ4n) is 5.72. The number of aromatic nitrogens is 3. The van der Waals surface area contributed by atoms with E-state index >= 15 is 0 Å². The normalized spacial score (nSPS) is 18.9. The van der Waals surface area contributed by atoms with E-state index < -0.39 is 0 Å². The average molecular weight is 473 g/mol. The van der Waals surface area contributed by atoms with Gasteiger partial charge in [-0.2, -0.15) is 0 Å². The molecule has 6 nitrogen and oxygen atoms in total. The number of carbonyl (C=O) groups excluding carboxylic acids is 1. The Labute approximate surface area is 202 Å². The molecule has 4 aromatic rings. The molecule has 1 spiro atoms. The van der Waals surface area contributed by atoms with Crippen LogP contribution in [-0.2, 0) is 14.9 Å². The first kappa shape index (κ1) is 21.2. The number of halogens is 1. The molecule has 1 atom stereocenters. The molecule has 7 heteroatoms. The lowest BCUT2D eigenvalue weighted by Crippen LogP contribution is -2.42. The van der Waals surface area contributed by atoms with Crippen molar-refractivity contribution in [3.63, 3.8) is 0 Å². The number of ether oxygens (including phenoxy) is 1. The first-order valence-electron chi connectivity index (χ1n) is 11.6. The van der Waals surface area contributed by atoms with Gasteiger partial charge in [0.2, 0.25) is 0 Å². The average Bonchev–Trinajstić information content (AvgIpc) is 3.44. The number of esters is 1. The number of fused-ring (bicyclic) bond motifs is 3. The van der Waals surface area contributed by atoms with E-state index in [0.29, 0.717) is 5.02 Å². The van der Waals surface area contributed by atoms with Crippen LogP contribution in [0, 0.1) is 0 Å². The second-order valence-electron chi connectivity index (χ2n) is 9.29. The maximum atomic E-state index is 12.5. The van der Waals surface area contributed by atoms with Crippen LogP contribution in [0.15, 0.2) is 60.8 Å². The van der Waals surface area contributed by atoms with Gasteiger partial charge in [-0.05, 0) is 60.7 Å². The van der Waals surface area contributed by atoms with Crippen LogP contribution in [0.1, 0.15) is 36.3 Å². The molecule has 2 aromatic carbocycles. The number of carbonyl (C=O) groups is 1. The SMILES string of the molecule is COC(=O)C1CC2(CCN(c3ccc(-c4nc5ccc(Cl)cc5[nH]4)cn3)CC2)c2ccccc21. The van der Waals surface area contributed by atoms with E-state index in [4.69, 9.17) is 21.3 Å². The minimum absolute atomic E-state index is 0.0292. The van der Waals surface area contributed by atoms with Crippen LogP contribution >= 0.6 is 11.6 Å². The summed E-state index contributed by atoms with van der Waals surface area (Å²) < 4.78 is 5.11. The van der Waals surface area contributed by atoms with E-state index in [0.717, 1.165) is 66.2 Å². The zero-order valence-corrected chi connectivity index (χ0v) is 19.7. The smallest absolute Gasteiger partial charge is 0.313 e. The lowest BCUT2D eigenvalue weighted by atomic mass is 9.73. The van der Waals surface area contributed by atoms with Crippen molar-refractivity contribution in [3.8, 4) is 11.4 Å². The third-order valence-corrected chi connectivity index (χ3v) is 7.73. The molecule has 1 N–H and O–H groups in total. The lowest BCUT2D eigenvalue weighted by Gasteiger charge is -2.40. The summed E-state index contributed by atoms with van der Waals surface area (Å²) in [5.41, 5.74) is 5.22. The summed E-state index contributed by atoms with van der Waals surface area (Å²) in [6.45, 7) is 1.80. The summed E-state index contributed by atoms with van der Waals surface area (Å²) in [6.07, 6.45) is 4.68. The fraction of sp³-hybridized carbons (Fsp3) is 0.296. The number of benzene rings is 2. The molecule has 1 aliphatic carbocycles. The van der Waals surface area contributed by atoms with Crippen molar-refractivity contribution in [1.29, 1.82) is 0 Å². The Morgan fingerprint density at radius 3 is 2.74 bits per heavy atom. The molecule has 0 saturated carbocycles. The predicted molar refractivity (Wildman–Crippen MR) is 133 cm³/mol. The van der Waals surface area contributed by atoms with E-state index in [-0.39, 0.29) is 17.3 Å². The van der Waals surface area contributed by atoms with Crippen LogP contribution in [-0.4, -0.2) is 41.1 Å². The maximum absolute atomic E-state index is 12.5. The molecule has 1 saturated heterocycles. The van der Waals surface area contributed by atoms with Crippen LogP contribution in [0.25, 0.3) is 22.4 Å². The molecule has 0 radical (unpaired) electrons. The van der Waals surface area contributed by atoms with Crippen LogP contribution in [0.4, 0.5) is 5.82 Å². The number of hydrogen-bond acceptors (Lipinski definition) is 5. The van der Waals surface area contributed by atoms with Gasteiger partial charge in [-0.3, -0.25) is 4.79 Å². The van der Waals surface area contributed by atoms with Crippen LogP contribution in [0.3, 0.4) is 0 Å². The highest BCUT2D eigenvalue weighted by Gasteiger charge is 2.47. The van der Waals surface area contributed by atoms with Crippen molar-refractivity contribution in [3.05, 3.63) is 76.9 Å². The van der Waals surface area contributed by atoms with Crippen LogP contribution in [0.5, 0.6) is 0 Å². The van der Waals surface area contributed by atoms with Gasteiger partial charge in [-0.25, -0.2) is 9.97 Å². The molecule has 34 heavy (non-hydrogen) atoms. The number of H-pyrrole nitrogens is 1. The molecule has 0 amide bonds. The summed E-state index contributed by atoms with van der Waals surface area (Å²) in [4.78, 5) is 27.5.